The number of fused-ring (bicyclic) bond motifs is 1. The Bertz CT molecular complexity index is 1440. The smallest absolute Gasteiger partial charge is 0.251 e. The van der Waals surface area contributed by atoms with E-state index in [0.29, 0.717) is 28.1 Å². The van der Waals surface area contributed by atoms with Gasteiger partial charge in [-0.2, -0.15) is 4.98 Å². The molecule has 0 aliphatic heterocycles. The van der Waals surface area contributed by atoms with E-state index in [1.54, 1.807) is 18.2 Å². The highest BCUT2D eigenvalue weighted by Crippen LogP contribution is 2.29. The quantitative estimate of drug-likeness (QED) is 0.386. The highest BCUT2D eigenvalue weighted by Gasteiger charge is 2.15. The van der Waals surface area contributed by atoms with E-state index in [0.717, 1.165) is 11.1 Å². The molecule has 2 amide bonds. The van der Waals surface area contributed by atoms with Crippen molar-refractivity contribution in [1.29, 1.82) is 0 Å². The van der Waals surface area contributed by atoms with Crippen LogP contribution in [0.5, 0.6) is 0 Å². The van der Waals surface area contributed by atoms with Gasteiger partial charge in [-0.3, -0.25) is 9.59 Å². The first kappa shape index (κ1) is 21.1. The minimum Gasteiger partial charge on any atom is -0.355 e. The number of carbonyl (C=O) groups excluding carboxylic acids is 2. The summed E-state index contributed by atoms with van der Waals surface area (Å²) in [6, 6.07) is 23.9. The van der Waals surface area contributed by atoms with Gasteiger partial charge in [-0.25, -0.2) is 0 Å². The summed E-state index contributed by atoms with van der Waals surface area (Å²) in [4.78, 5) is 29.1. The number of aromatic nitrogens is 3. The van der Waals surface area contributed by atoms with Crippen LogP contribution in [0, 0.1) is 0 Å². The summed E-state index contributed by atoms with van der Waals surface area (Å²) in [5.41, 5.74) is 2.71. The first-order valence-corrected chi connectivity index (χ1v) is 10.5. The molecule has 0 aliphatic carbocycles. The molecule has 9 heteroatoms. The van der Waals surface area contributed by atoms with Crippen molar-refractivity contribution >= 4 is 22.7 Å². The molecular weight excluding hydrogens is 434 g/mol. The predicted octanol–water partition coefficient (Wildman–Crippen LogP) is 3.59. The van der Waals surface area contributed by atoms with Crippen LogP contribution in [-0.4, -0.2) is 33.7 Å². The average Bonchev–Trinajstić information content (AvgIpc) is 3.54. The minimum atomic E-state index is -0.388. The number of nitrogens with zero attached hydrogens (tertiary/aromatic N) is 3. The van der Waals surface area contributed by atoms with Crippen molar-refractivity contribution in [3.8, 4) is 22.7 Å². The number of hydrogen-bond acceptors (Lipinski definition) is 7. The van der Waals surface area contributed by atoms with Crippen molar-refractivity contribution in [3.05, 3.63) is 90.3 Å². The lowest BCUT2D eigenvalue weighted by Gasteiger charge is -2.06. The van der Waals surface area contributed by atoms with Crippen molar-refractivity contribution in [3.63, 3.8) is 0 Å². The summed E-state index contributed by atoms with van der Waals surface area (Å²) in [7, 11) is 0. The third-order valence-corrected chi connectivity index (χ3v) is 5.12. The summed E-state index contributed by atoms with van der Waals surface area (Å²) < 4.78 is 10.6. The Hall–Kier alpha value is -4.79. The van der Waals surface area contributed by atoms with Crippen molar-refractivity contribution < 1.29 is 18.6 Å². The van der Waals surface area contributed by atoms with Crippen LogP contribution in [0.3, 0.4) is 0 Å². The van der Waals surface area contributed by atoms with E-state index in [1.165, 1.54) is 0 Å². The maximum atomic E-state index is 12.6. The summed E-state index contributed by atoms with van der Waals surface area (Å²) in [5.74, 6) is 0.518. The molecule has 0 unspecified atom stereocenters. The molecule has 0 bridgehead atoms. The van der Waals surface area contributed by atoms with Crippen LogP contribution in [0.15, 0.2) is 87.9 Å². The maximum Gasteiger partial charge on any atom is 0.251 e. The zero-order valence-corrected chi connectivity index (χ0v) is 17.9. The van der Waals surface area contributed by atoms with E-state index < -0.39 is 0 Å². The van der Waals surface area contributed by atoms with E-state index in [4.69, 9.17) is 9.05 Å². The molecule has 0 saturated carbocycles. The van der Waals surface area contributed by atoms with E-state index in [-0.39, 0.29) is 30.8 Å². The molecule has 0 fully saturated rings. The molecule has 3 aromatic carbocycles. The molecule has 5 rings (SSSR count). The molecule has 0 saturated heterocycles. The van der Waals surface area contributed by atoms with E-state index in [1.807, 2.05) is 60.7 Å². The van der Waals surface area contributed by atoms with Crippen LogP contribution in [0.4, 0.5) is 0 Å². The number of carbonyl (C=O) groups is 2. The highest BCUT2D eigenvalue weighted by molar-refractivity contribution is 6.01. The zero-order valence-electron chi connectivity index (χ0n) is 17.9. The third kappa shape index (κ3) is 4.53. The molecule has 168 valence electrons. The van der Waals surface area contributed by atoms with Gasteiger partial charge in [-0.1, -0.05) is 71.0 Å². The van der Waals surface area contributed by atoms with Crippen LogP contribution in [0.1, 0.15) is 16.2 Å². The average molecular weight is 453 g/mol. The Morgan fingerprint density at radius 3 is 2.29 bits per heavy atom. The fraction of sp³-hybridized carbons (Fsp3) is 0.0800. The standard InChI is InChI=1S/C25H19N5O4/c31-21(26-15-22-28-24(30-33-22)17-9-5-2-6-10-17)14-27-25(32)18-11-12-20-19(13-18)23(34-29-20)16-7-3-1-4-8-16/h1-13H,14-15H2,(H,26,31)(H,27,32). The number of benzene rings is 3. The lowest BCUT2D eigenvalue weighted by atomic mass is 10.1. The number of amides is 2. The largest absolute Gasteiger partial charge is 0.355 e. The first-order valence-electron chi connectivity index (χ1n) is 10.5. The van der Waals surface area contributed by atoms with Gasteiger partial charge in [0.05, 0.1) is 18.5 Å². The number of rotatable bonds is 7. The summed E-state index contributed by atoms with van der Waals surface area (Å²) >= 11 is 0. The van der Waals surface area contributed by atoms with Gasteiger partial charge in [0.2, 0.25) is 17.6 Å². The molecule has 34 heavy (non-hydrogen) atoms. The molecule has 2 heterocycles. The molecule has 0 atom stereocenters. The summed E-state index contributed by atoms with van der Waals surface area (Å²) in [6.07, 6.45) is 0. The van der Waals surface area contributed by atoms with E-state index >= 15 is 0 Å². The summed E-state index contributed by atoms with van der Waals surface area (Å²) in [6.45, 7) is -0.145. The Labute approximate surface area is 193 Å². The SMILES string of the molecule is O=C(CNC(=O)c1ccc2noc(-c3ccccc3)c2c1)NCc1nc(-c2ccccc2)no1. The topological polar surface area (TPSA) is 123 Å². The van der Waals surface area contributed by atoms with E-state index in [2.05, 4.69) is 25.9 Å². The van der Waals surface area contributed by atoms with Gasteiger partial charge in [0.1, 0.15) is 5.52 Å². The van der Waals surface area contributed by atoms with E-state index in [9.17, 15) is 9.59 Å². The lowest BCUT2D eigenvalue weighted by molar-refractivity contribution is -0.120. The molecule has 0 aliphatic rings. The van der Waals surface area contributed by atoms with Crippen molar-refractivity contribution in [1.82, 2.24) is 25.9 Å². The first-order chi connectivity index (χ1) is 16.7. The van der Waals surface area contributed by atoms with Gasteiger partial charge >= 0.3 is 0 Å². The second-order valence-electron chi connectivity index (χ2n) is 7.45. The molecule has 2 aromatic heterocycles. The van der Waals surface area contributed by atoms with Gasteiger partial charge in [0.15, 0.2) is 5.76 Å². The van der Waals surface area contributed by atoms with Gasteiger partial charge in [0, 0.05) is 16.7 Å². The molecule has 0 radical (unpaired) electrons. The molecular formula is C25H19N5O4. The predicted molar refractivity (Wildman–Crippen MR) is 123 cm³/mol. The second-order valence-corrected chi connectivity index (χ2v) is 7.45. The number of hydrogen-bond donors (Lipinski definition) is 2. The molecule has 5 aromatic rings. The van der Waals surface area contributed by atoms with Crippen molar-refractivity contribution in [2.75, 3.05) is 6.54 Å². The Morgan fingerprint density at radius 2 is 1.53 bits per heavy atom. The van der Waals surface area contributed by atoms with Crippen molar-refractivity contribution in [2.45, 2.75) is 6.54 Å². The van der Waals surface area contributed by atoms with Gasteiger partial charge in [-0.15, -0.1) is 0 Å². The number of nitrogens with one attached hydrogen (secondary N) is 2. The monoisotopic (exact) mass is 453 g/mol. The Balaban J connectivity index is 1.18. The second kappa shape index (κ2) is 9.37. The van der Waals surface area contributed by atoms with Gasteiger partial charge in [0.25, 0.3) is 5.91 Å². The molecule has 2 N–H and O–H groups in total. The van der Waals surface area contributed by atoms with Crippen LogP contribution >= 0.6 is 0 Å². The fourth-order valence-corrected chi connectivity index (χ4v) is 3.41. The van der Waals surface area contributed by atoms with Gasteiger partial charge in [-0.05, 0) is 18.2 Å². The Morgan fingerprint density at radius 1 is 0.794 bits per heavy atom. The highest BCUT2D eigenvalue weighted by atomic mass is 16.5. The lowest BCUT2D eigenvalue weighted by Crippen LogP contribution is -2.36. The van der Waals surface area contributed by atoms with Crippen LogP contribution in [0.25, 0.3) is 33.6 Å². The van der Waals surface area contributed by atoms with Crippen LogP contribution < -0.4 is 10.6 Å². The van der Waals surface area contributed by atoms with Crippen LogP contribution in [0.2, 0.25) is 0 Å². The van der Waals surface area contributed by atoms with Crippen LogP contribution in [-0.2, 0) is 11.3 Å². The zero-order chi connectivity index (χ0) is 23.3. The molecule has 0 spiro atoms. The van der Waals surface area contributed by atoms with Gasteiger partial charge < -0.3 is 19.7 Å². The fourth-order valence-electron chi connectivity index (χ4n) is 3.41. The van der Waals surface area contributed by atoms with Crippen molar-refractivity contribution in [2.24, 2.45) is 0 Å². The normalized spacial score (nSPS) is 10.8. The third-order valence-electron chi connectivity index (χ3n) is 5.12. The molecule has 9 nitrogen and oxygen atoms in total. The maximum absolute atomic E-state index is 12.6. The minimum absolute atomic E-state index is 0.0572. The summed E-state index contributed by atoms with van der Waals surface area (Å²) in [5, 5.41) is 13.9. The Kier molecular flexibility index (Phi) is 5.81.